The molecule has 3 saturated heterocycles. The maximum Gasteiger partial charge on any atom is 0.306 e. The Labute approximate surface area is 247 Å². The van der Waals surface area contributed by atoms with Crippen LogP contribution in [0.2, 0.25) is 0 Å². The van der Waals surface area contributed by atoms with Crippen LogP contribution in [-0.4, -0.2) is 88.8 Å². The Morgan fingerprint density at radius 1 is 1.07 bits per heavy atom. The van der Waals surface area contributed by atoms with Crippen molar-refractivity contribution in [2.24, 2.45) is 29.6 Å². The van der Waals surface area contributed by atoms with Crippen molar-refractivity contribution in [1.82, 2.24) is 9.62 Å². The summed E-state index contributed by atoms with van der Waals surface area (Å²) >= 11 is 0. The van der Waals surface area contributed by atoms with Gasteiger partial charge in [0, 0.05) is 49.9 Å². The number of rotatable bonds is 13. The average Bonchev–Trinajstić information content (AvgIpc) is 3.51. The first kappa shape index (κ1) is 29.5. The van der Waals surface area contributed by atoms with Gasteiger partial charge in [0.1, 0.15) is 11.9 Å². The lowest BCUT2D eigenvalue weighted by Gasteiger charge is -2.35. The Morgan fingerprint density at radius 2 is 1.81 bits per heavy atom. The van der Waals surface area contributed by atoms with Gasteiger partial charge in [0.05, 0.1) is 37.7 Å². The third kappa shape index (κ3) is 6.22. The molecule has 10 nitrogen and oxygen atoms in total. The molecule has 11 heteroatoms. The summed E-state index contributed by atoms with van der Waals surface area (Å²) in [7, 11) is -2.39. The summed E-state index contributed by atoms with van der Waals surface area (Å²) in [5.74, 6) is 0.311. The van der Waals surface area contributed by atoms with Crippen LogP contribution in [0.4, 0.5) is 0 Å². The summed E-state index contributed by atoms with van der Waals surface area (Å²) in [4.78, 5) is 13.5. The van der Waals surface area contributed by atoms with E-state index in [1.165, 1.54) is 23.5 Å². The molecule has 1 aliphatic carbocycles. The second kappa shape index (κ2) is 12.6. The van der Waals surface area contributed by atoms with Gasteiger partial charge in [0.25, 0.3) is 0 Å². The minimum Gasteiger partial charge on any atom is -0.497 e. The zero-order valence-electron chi connectivity index (χ0n) is 23.8. The Bertz CT molecular complexity index is 1320. The van der Waals surface area contributed by atoms with Gasteiger partial charge in [-0.1, -0.05) is 30.3 Å². The van der Waals surface area contributed by atoms with Crippen molar-refractivity contribution in [3.63, 3.8) is 0 Å². The fourth-order valence-electron chi connectivity index (χ4n) is 6.82. The largest absolute Gasteiger partial charge is 0.497 e. The van der Waals surface area contributed by atoms with E-state index >= 15 is 0 Å². The van der Waals surface area contributed by atoms with Crippen LogP contribution in [0.5, 0.6) is 5.75 Å². The van der Waals surface area contributed by atoms with Gasteiger partial charge in [-0.3, -0.25) is 4.79 Å². The zero-order valence-corrected chi connectivity index (χ0v) is 24.7. The number of carbonyl (C=O) groups excluding carboxylic acids is 1. The van der Waals surface area contributed by atoms with E-state index in [-0.39, 0.29) is 66.4 Å². The molecule has 2 aromatic rings. The number of benzene rings is 2. The van der Waals surface area contributed by atoms with Crippen molar-refractivity contribution < 1.29 is 37.3 Å². The first-order valence-electron chi connectivity index (χ1n) is 14.8. The number of carbonyl (C=O) groups is 1. The summed E-state index contributed by atoms with van der Waals surface area (Å²) in [6, 6.07) is 15.9. The number of sulfonamides is 1. The molecule has 5 unspecified atom stereocenters. The van der Waals surface area contributed by atoms with Crippen molar-refractivity contribution >= 4 is 16.0 Å². The van der Waals surface area contributed by atoms with Gasteiger partial charge in [-0.25, -0.2) is 8.42 Å². The predicted molar refractivity (Wildman–Crippen MR) is 153 cm³/mol. The number of methoxy groups -OCH3 is 1. The Morgan fingerprint density at radius 3 is 2.50 bits per heavy atom. The minimum atomic E-state index is -3.92. The van der Waals surface area contributed by atoms with Crippen molar-refractivity contribution in [2.45, 2.75) is 42.7 Å². The molecule has 6 rings (SSSR count). The molecule has 0 aromatic heterocycles. The van der Waals surface area contributed by atoms with Gasteiger partial charge in [-0.2, -0.15) is 4.31 Å². The van der Waals surface area contributed by atoms with Crippen LogP contribution in [0.3, 0.4) is 0 Å². The van der Waals surface area contributed by atoms with Crippen LogP contribution >= 0.6 is 0 Å². The number of aliphatic hydroxyl groups excluding tert-OH is 1. The molecular weight excluding hydrogens is 560 g/mol. The summed E-state index contributed by atoms with van der Waals surface area (Å²) in [6.45, 7) is 2.60. The van der Waals surface area contributed by atoms with Crippen molar-refractivity contribution in [1.29, 1.82) is 0 Å². The zero-order chi connectivity index (χ0) is 29.3. The molecular formula is C31H40N2O8S. The summed E-state index contributed by atoms with van der Waals surface area (Å²) in [5, 5.41) is 14.8. The second-order valence-electron chi connectivity index (χ2n) is 12.1. The monoisotopic (exact) mass is 600 g/mol. The van der Waals surface area contributed by atoms with Crippen molar-refractivity contribution in [3.05, 3.63) is 60.2 Å². The fraction of sp³-hybridized carbons (Fsp3) is 0.581. The molecule has 1 saturated carbocycles. The molecule has 0 spiro atoms. The number of fused-ring (bicyclic) bond motifs is 1. The van der Waals surface area contributed by atoms with Gasteiger partial charge in [0.15, 0.2) is 6.29 Å². The van der Waals surface area contributed by atoms with E-state index in [9.17, 15) is 18.3 Å². The molecule has 3 aliphatic heterocycles. The van der Waals surface area contributed by atoms with Crippen LogP contribution in [0, 0.1) is 29.6 Å². The number of hydrogen-bond donors (Lipinski definition) is 2. The highest BCUT2D eigenvalue weighted by Gasteiger charge is 2.56. The average molecular weight is 601 g/mol. The standard InChI is InChI=1S/C31H40N2O8S/c1-38-24-7-9-25(10-8-24)42(36,37)33(16-21-14-32-15-21)17-28(34)22(11-20-5-3-2-4-6-20)13-29(35)41-30-23-12-26-27(30)19-40-31(26)39-18-23/h2-10,21-23,26-28,30-32,34H,11-19H2,1H3/t22-,23?,26?,27?,28-,30?,31?/m1/s1. The van der Waals surface area contributed by atoms with Gasteiger partial charge >= 0.3 is 5.97 Å². The van der Waals surface area contributed by atoms with Gasteiger partial charge in [-0.05, 0) is 48.6 Å². The molecule has 0 amide bonds. The summed E-state index contributed by atoms with van der Waals surface area (Å²) < 4.78 is 51.8. The third-order valence-electron chi connectivity index (χ3n) is 9.29. The van der Waals surface area contributed by atoms with Crippen LogP contribution in [0.1, 0.15) is 18.4 Å². The van der Waals surface area contributed by atoms with Crippen LogP contribution in [0.25, 0.3) is 0 Å². The minimum absolute atomic E-state index is 0.0246. The first-order valence-corrected chi connectivity index (χ1v) is 16.3. The highest BCUT2D eigenvalue weighted by Crippen LogP contribution is 2.49. The van der Waals surface area contributed by atoms with E-state index in [0.29, 0.717) is 38.5 Å². The molecule has 228 valence electrons. The molecule has 0 radical (unpaired) electrons. The highest BCUT2D eigenvalue weighted by atomic mass is 32.2. The maximum absolute atomic E-state index is 13.8. The maximum atomic E-state index is 13.8. The van der Waals surface area contributed by atoms with Crippen LogP contribution in [0.15, 0.2) is 59.5 Å². The summed E-state index contributed by atoms with van der Waals surface area (Å²) in [5.41, 5.74) is 0.958. The molecule has 2 aromatic carbocycles. The smallest absolute Gasteiger partial charge is 0.306 e. The van der Waals surface area contributed by atoms with E-state index in [1.54, 1.807) is 12.1 Å². The third-order valence-corrected chi connectivity index (χ3v) is 11.1. The first-order chi connectivity index (χ1) is 20.3. The number of hydrogen-bond acceptors (Lipinski definition) is 9. The van der Waals surface area contributed by atoms with E-state index in [4.69, 9.17) is 18.9 Å². The van der Waals surface area contributed by atoms with Crippen LogP contribution in [-0.2, 0) is 35.4 Å². The highest BCUT2D eigenvalue weighted by molar-refractivity contribution is 7.89. The van der Waals surface area contributed by atoms with Crippen LogP contribution < -0.4 is 10.1 Å². The number of esters is 1. The Hall–Kier alpha value is -2.54. The van der Waals surface area contributed by atoms with E-state index in [1.807, 2.05) is 30.3 Å². The number of aliphatic hydroxyl groups is 1. The molecule has 2 N–H and O–H groups in total. The van der Waals surface area contributed by atoms with Crippen molar-refractivity contribution in [3.8, 4) is 5.75 Å². The SMILES string of the molecule is COc1ccc(S(=O)(=O)N(CC2CNC2)C[C@@H](O)[C@@H](CC(=O)OC2C3COC4OCC2C4C3)Cc2ccccc2)cc1. The number of nitrogens with zero attached hydrogens (tertiary/aromatic N) is 1. The lowest BCUT2D eigenvalue weighted by atomic mass is 9.90. The lowest BCUT2D eigenvalue weighted by Crippen LogP contribution is -2.51. The second-order valence-corrected chi connectivity index (χ2v) is 14.0. The van der Waals surface area contributed by atoms with Gasteiger partial charge in [-0.15, -0.1) is 0 Å². The molecule has 4 aliphatic rings. The Kier molecular flexibility index (Phi) is 8.85. The Balaban J connectivity index is 1.19. The number of nitrogens with one attached hydrogen (secondary N) is 1. The molecule has 2 bridgehead atoms. The molecule has 3 heterocycles. The predicted octanol–water partition coefficient (Wildman–Crippen LogP) is 2.07. The molecule has 42 heavy (non-hydrogen) atoms. The normalized spacial score (nSPS) is 28.3. The quantitative estimate of drug-likeness (QED) is 0.333. The van der Waals surface area contributed by atoms with E-state index in [2.05, 4.69) is 5.32 Å². The van der Waals surface area contributed by atoms with Gasteiger partial charge in [0.2, 0.25) is 10.0 Å². The van der Waals surface area contributed by atoms with E-state index < -0.39 is 22.0 Å². The topological polar surface area (TPSA) is 124 Å². The summed E-state index contributed by atoms with van der Waals surface area (Å²) in [6.07, 6.45) is -0.243. The van der Waals surface area contributed by atoms with Gasteiger partial charge < -0.3 is 29.4 Å². The van der Waals surface area contributed by atoms with Crippen molar-refractivity contribution in [2.75, 3.05) is 46.5 Å². The number of ether oxygens (including phenoxy) is 4. The van der Waals surface area contributed by atoms with E-state index in [0.717, 1.165) is 12.0 Å². The molecule has 4 fully saturated rings. The molecule has 7 atom stereocenters. The fourth-order valence-corrected chi connectivity index (χ4v) is 8.35. The lowest BCUT2D eigenvalue weighted by molar-refractivity contribution is -0.178.